The summed E-state index contributed by atoms with van der Waals surface area (Å²) in [6.45, 7) is 4.41. The summed E-state index contributed by atoms with van der Waals surface area (Å²) in [5.74, 6) is 0.314. The number of furan rings is 1. The number of aromatic nitrogens is 3. The van der Waals surface area contributed by atoms with Crippen molar-refractivity contribution < 1.29 is 14.0 Å². The topological polar surface area (TPSA) is 121 Å². The number of carbonyl (C=O) groups is 2. The smallest absolute Gasteiger partial charge is 0.262 e. The average Bonchev–Trinajstić information content (AvgIpc) is 3.05. The van der Waals surface area contributed by atoms with Crippen LogP contribution >= 0.6 is 0 Å². The molecule has 150 valence electrons. The predicted octanol–water partition coefficient (Wildman–Crippen LogP) is 2.02. The molecule has 4 rings (SSSR count). The lowest BCUT2D eigenvalue weighted by Gasteiger charge is -2.31. The predicted molar refractivity (Wildman–Crippen MR) is 106 cm³/mol. The fourth-order valence-corrected chi connectivity index (χ4v) is 3.65. The quantitative estimate of drug-likeness (QED) is 0.700. The number of hydrogen-bond acceptors (Lipinski definition) is 6. The van der Waals surface area contributed by atoms with Crippen molar-refractivity contribution in [3.8, 4) is 0 Å². The molecule has 3 aromatic rings. The second-order valence-electron chi connectivity index (χ2n) is 7.22. The van der Waals surface area contributed by atoms with Crippen LogP contribution in [0.4, 0.5) is 5.82 Å². The van der Waals surface area contributed by atoms with Crippen molar-refractivity contribution in [3.05, 3.63) is 51.9 Å². The number of rotatable bonds is 3. The van der Waals surface area contributed by atoms with Crippen LogP contribution < -0.4 is 10.9 Å². The van der Waals surface area contributed by atoms with E-state index in [0.717, 1.165) is 5.56 Å². The zero-order valence-corrected chi connectivity index (χ0v) is 16.2. The highest BCUT2D eigenvalue weighted by Crippen LogP contribution is 2.25. The van der Waals surface area contributed by atoms with Crippen LogP contribution in [0.5, 0.6) is 0 Å². The summed E-state index contributed by atoms with van der Waals surface area (Å²) in [4.78, 5) is 50.0. The van der Waals surface area contributed by atoms with Crippen LogP contribution in [0, 0.1) is 19.8 Å². The van der Waals surface area contributed by atoms with Gasteiger partial charge < -0.3 is 19.6 Å². The van der Waals surface area contributed by atoms with E-state index in [1.54, 1.807) is 18.0 Å². The summed E-state index contributed by atoms with van der Waals surface area (Å²) < 4.78 is 5.48. The molecule has 0 aromatic carbocycles. The Labute approximate surface area is 166 Å². The van der Waals surface area contributed by atoms with E-state index in [1.807, 2.05) is 19.1 Å². The normalized spacial score (nSPS) is 14.9. The van der Waals surface area contributed by atoms with Gasteiger partial charge >= 0.3 is 0 Å². The van der Waals surface area contributed by atoms with E-state index in [9.17, 15) is 14.4 Å². The van der Waals surface area contributed by atoms with Gasteiger partial charge in [-0.1, -0.05) is 0 Å². The number of amides is 2. The standard InChI is InChI=1S/C20H21N5O4/c1-11-3-6-21-14(9-11)24-17(26)13-4-7-25(8-5-13)20(28)15-12(2)29-19-16(15)18(27)22-10-23-19/h3,6,9-10,13H,4-5,7-8H2,1-2H3,(H,21,24,26)(H,22,23,27). The van der Waals surface area contributed by atoms with Gasteiger partial charge in [0.2, 0.25) is 11.6 Å². The molecule has 4 heterocycles. The van der Waals surface area contributed by atoms with E-state index in [0.29, 0.717) is 37.5 Å². The third kappa shape index (κ3) is 3.63. The van der Waals surface area contributed by atoms with E-state index in [4.69, 9.17) is 4.42 Å². The number of hydrogen-bond donors (Lipinski definition) is 2. The third-order valence-corrected chi connectivity index (χ3v) is 5.20. The van der Waals surface area contributed by atoms with Crippen molar-refractivity contribution in [1.29, 1.82) is 0 Å². The fraction of sp³-hybridized carbons (Fsp3) is 0.350. The van der Waals surface area contributed by atoms with Crippen LogP contribution in [0.25, 0.3) is 11.1 Å². The molecular formula is C20H21N5O4. The maximum atomic E-state index is 13.0. The molecule has 0 saturated carbocycles. The molecule has 0 unspecified atom stereocenters. The Balaban J connectivity index is 1.45. The van der Waals surface area contributed by atoms with Crippen LogP contribution in [0.15, 0.2) is 33.9 Å². The molecule has 2 N–H and O–H groups in total. The number of piperidine rings is 1. The van der Waals surface area contributed by atoms with Gasteiger partial charge in [0.15, 0.2) is 0 Å². The fourth-order valence-electron chi connectivity index (χ4n) is 3.65. The summed E-state index contributed by atoms with van der Waals surface area (Å²) in [5, 5.41) is 3.01. The van der Waals surface area contributed by atoms with Crippen molar-refractivity contribution in [2.24, 2.45) is 5.92 Å². The van der Waals surface area contributed by atoms with Crippen molar-refractivity contribution in [3.63, 3.8) is 0 Å². The van der Waals surface area contributed by atoms with Gasteiger partial charge in [0.1, 0.15) is 17.0 Å². The van der Waals surface area contributed by atoms with Crippen LogP contribution in [0.2, 0.25) is 0 Å². The molecule has 3 aromatic heterocycles. The number of fused-ring (bicyclic) bond motifs is 1. The Bertz CT molecular complexity index is 1140. The number of aromatic amines is 1. The summed E-state index contributed by atoms with van der Waals surface area (Å²) in [5.41, 5.74) is 0.994. The molecule has 2 amide bonds. The highest BCUT2D eigenvalue weighted by Gasteiger charge is 2.31. The monoisotopic (exact) mass is 395 g/mol. The minimum atomic E-state index is -0.407. The molecule has 0 bridgehead atoms. The molecule has 29 heavy (non-hydrogen) atoms. The van der Waals surface area contributed by atoms with Crippen molar-refractivity contribution in [2.45, 2.75) is 26.7 Å². The minimum Gasteiger partial charge on any atom is -0.442 e. The zero-order valence-electron chi connectivity index (χ0n) is 16.2. The van der Waals surface area contributed by atoms with Crippen molar-refractivity contribution in [1.82, 2.24) is 19.9 Å². The van der Waals surface area contributed by atoms with E-state index in [2.05, 4.69) is 20.3 Å². The van der Waals surface area contributed by atoms with Crippen LogP contribution in [-0.4, -0.2) is 44.8 Å². The first kappa shape index (κ1) is 18.9. The molecule has 0 spiro atoms. The Morgan fingerprint density at radius 2 is 2.00 bits per heavy atom. The summed E-state index contributed by atoms with van der Waals surface area (Å²) in [6, 6.07) is 3.68. The Kier molecular flexibility index (Phi) is 4.87. The number of likely N-dealkylation sites (tertiary alicyclic amines) is 1. The van der Waals surface area contributed by atoms with E-state index < -0.39 is 5.56 Å². The van der Waals surface area contributed by atoms with Gasteiger partial charge in [0.25, 0.3) is 11.5 Å². The number of nitrogens with one attached hydrogen (secondary N) is 2. The molecular weight excluding hydrogens is 374 g/mol. The first-order valence-electron chi connectivity index (χ1n) is 9.43. The number of anilines is 1. The van der Waals surface area contributed by atoms with Gasteiger partial charge in [0, 0.05) is 25.2 Å². The molecule has 0 atom stereocenters. The summed E-state index contributed by atoms with van der Waals surface area (Å²) in [7, 11) is 0. The molecule has 9 nitrogen and oxygen atoms in total. The minimum absolute atomic E-state index is 0.0965. The highest BCUT2D eigenvalue weighted by molar-refractivity contribution is 6.06. The second-order valence-corrected chi connectivity index (χ2v) is 7.22. The van der Waals surface area contributed by atoms with Gasteiger partial charge in [0.05, 0.1) is 11.9 Å². The van der Waals surface area contributed by atoms with Gasteiger partial charge in [-0.15, -0.1) is 0 Å². The number of nitrogens with zero attached hydrogens (tertiary/aromatic N) is 3. The van der Waals surface area contributed by atoms with E-state index >= 15 is 0 Å². The van der Waals surface area contributed by atoms with Gasteiger partial charge in [-0.3, -0.25) is 14.4 Å². The molecule has 1 aliphatic heterocycles. The maximum Gasteiger partial charge on any atom is 0.262 e. The Hall–Kier alpha value is -3.49. The number of aryl methyl sites for hydroxylation is 2. The van der Waals surface area contributed by atoms with Crippen LogP contribution in [0.1, 0.15) is 34.5 Å². The average molecular weight is 395 g/mol. The third-order valence-electron chi connectivity index (χ3n) is 5.20. The maximum absolute atomic E-state index is 13.0. The first-order chi connectivity index (χ1) is 13.9. The highest BCUT2D eigenvalue weighted by atomic mass is 16.3. The van der Waals surface area contributed by atoms with Crippen LogP contribution in [-0.2, 0) is 4.79 Å². The van der Waals surface area contributed by atoms with Gasteiger partial charge in [-0.2, -0.15) is 0 Å². The molecule has 1 aliphatic rings. The molecule has 1 saturated heterocycles. The summed E-state index contributed by atoms with van der Waals surface area (Å²) >= 11 is 0. The Morgan fingerprint density at radius 3 is 2.72 bits per heavy atom. The van der Waals surface area contributed by atoms with Gasteiger partial charge in [-0.25, -0.2) is 9.97 Å². The Morgan fingerprint density at radius 1 is 1.24 bits per heavy atom. The first-order valence-corrected chi connectivity index (χ1v) is 9.43. The molecule has 0 radical (unpaired) electrons. The number of pyridine rings is 1. The number of carbonyl (C=O) groups excluding carboxylic acids is 2. The zero-order chi connectivity index (χ0) is 20.5. The lowest BCUT2D eigenvalue weighted by Crippen LogP contribution is -2.41. The summed E-state index contributed by atoms with van der Waals surface area (Å²) in [6.07, 6.45) is 3.97. The van der Waals surface area contributed by atoms with Crippen molar-refractivity contribution >= 4 is 28.7 Å². The molecule has 0 aliphatic carbocycles. The van der Waals surface area contributed by atoms with Gasteiger partial charge in [-0.05, 0) is 44.4 Å². The molecule has 9 heteroatoms. The van der Waals surface area contributed by atoms with Crippen molar-refractivity contribution in [2.75, 3.05) is 18.4 Å². The van der Waals surface area contributed by atoms with Crippen LogP contribution in [0.3, 0.4) is 0 Å². The lowest BCUT2D eigenvalue weighted by molar-refractivity contribution is -0.121. The van der Waals surface area contributed by atoms with E-state index in [-0.39, 0.29) is 34.4 Å². The van der Waals surface area contributed by atoms with E-state index in [1.165, 1.54) is 6.33 Å². The SMILES string of the molecule is Cc1ccnc(NC(=O)C2CCN(C(=O)c3c(C)oc4nc[nH]c(=O)c34)CC2)c1. The lowest BCUT2D eigenvalue weighted by atomic mass is 9.95. The second kappa shape index (κ2) is 7.50. The number of H-pyrrole nitrogens is 1. The molecule has 1 fully saturated rings. The largest absolute Gasteiger partial charge is 0.442 e.